The molecule has 0 saturated heterocycles. The number of aliphatic hydroxyl groups is 1. The fourth-order valence-electron chi connectivity index (χ4n) is 1.70. The Bertz CT molecular complexity index is 588. The molecule has 0 bridgehead atoms. The first-order valence-corrected chi connectivity index (χ1v) is 6.72. The third-order valence-electron chi connectivity index (χ3n) is 2.84. The minimum absolute atomic E-state index is 0.0910. The Kier molecular flexibility index (Phi) is 3.79. The Morgan fingerprint density at radius 2 is 2.33 bits per heavy atom. The van der Waals surface area contributed by atoms with Gasteiger partial charge < -0.3 is 15.4 Å². The average molecular weight is 267 g/mol. The largest absolute Gasteiger partial charge is 0.396 e. The van der Waals surface area contributed by atoms with Crippen molar-refractivity contribution < 1.29 is 5.11 Å². The number of aliphatic hydroxyl groups excluding tert-OH is 1. The van der Waals surface area contributed by atoms with Crippen molar-refractivity contribution in [3.8, 4) is 0 Å². The summed E-state index contributed by atoms with van der Waals surface area (Å²) >= 11 is 1.39. The van der Waals surface area contributed by atoms with Crippen LogP contribution in [-0.4, -0.2) is 27.2 Å². The molecule has 0 aliphatic heterocycles. The SMILES string of the molecule is CC(C)(CCO)NCc1nc2ccsc2c(=O)[nH]1. The summed E-state index contributed by atoms with van der Waals surface area (Å²) in [5.74, 6) is 0.622. The minimum atomic E-state index is -0.184. The third kappa shape index (κ3) is 2.95. The predicted octanol–water partition coefficient (Wildman–Crippen LogP) is 1.24. The van der Waals surface area contributed by atoms with Crippen LogP contribution in [0.2, 0.25) is 0 Å². The van der Waals surface area contributed by atoms with E-state index in [2.05, 4.69) is 15.3 Å². The maximum absolute atomic E-state index is 11.8. The second kappa shape index (κ2) is 5.17. The summed E-state index contributed by atoms with van der Waals surface area (Å²) in [6, 6.07) is 1.84. The van der Waals surface area contributed by atoms with Crippen molar-refractivity contribution in [1.82, 2.24) is 15.3 Å². The van der Waals surface area contributed by atoms with Crippen LogP contribution >= 0.6 is 11.3 Å². The summed E-state index contributed by atoms with van der Waals surface area (Å²) < 4.78 is 0.661. The minimum Gasteiger partial charge on any atom is -0.396 e. The topological polar surface area (TPSA) is 78.0 Å². The first-order valence-electron chi connectivity index (χ1n) is 5.84. The highest BCUT2D eigenvalue weighted by molar-refractivity contribution is 7.17. The molecule has 2 rings (SSSR count). The van der Waals surface area contributed by atoms with Crippen molar-refractivity contribution >= 4 is 21.6 Å². The molecule has 2 heterocycles. The lowest BCUT2D eigenvalue weighted by atomic mass is 10.0. The van der Waals surface area contributed by atoms with Gasteiger partial charge in [0.05, 0.1) is 12.1 Å². The number of H-pyrrole nitrogens is 1. The molecule has 0 atom stereocenters. The summed E-state index contributed by atoms with van der Waals surface area (Å²) in [5.41, 5.74) is 0.462. The molecule has 0 radical (unpaired) electrons. The van der Waals surface area contributed by atoms with Gasteiger partial charge in [-0.25, -0.2) is 4.98 Å². The molecule has 18 heavy (non-hydrogen) atoms. The lowest BCUT2D eigenvalue weighted by Crippen LogP contribution is -2.40. The summed E-state index contributed by atoms with van der Waals surface area (Å²) in [7, 11) is 0. The van der Waals surface area contributed by atoms with Gasteiger partial charge in [0, 0.05) is 12.1 Å². The van der Waals surface area contributed by atoms with Gasteiger partial charge >= 0.3 is 0 Å². The van der Waals surface area contributed by atoms with E-state index in [1.54, 1.807) is 0 Å². The molecule has 2 aromatic heterocycles. The molecule has 3 N–H and O–H groups in total. The smallest absolute Gasteiger partial charge is 0.268 e. The maximum atomic E-state index is 11.8. The van der Waals surface area contributed by atoms with Crippen LogP contribution in [0.15, 0.2) is 16.2 Å². The highest BCUT2D eigenvalue weighted by Gasteiger charge is 2.16. The normalized spacial score (nSPS) is 12.2. The number of aromatic nitrogens is 2. The molecule has 0 aromatic carbocycles. The Morgan fingerprint density at radius 1 is 1.56 bits per heavy atom. The Hall–Kier alpha value is -1.24. The van der Waals surface area contributed by atoms with Gasteiger partial charge in [-0.3, -0.25) is 4.79 Å². The Labute approximate surface area is 109 Å². The second-order valence-electron chi connectivity index (χ2n) is 4.86. The fraction of sp³-hybridized carbons (Fsp3) is 0.500. The number of fused-ring (bicyclic) bond motifs is 1. The highest BCUT2D eigenvalue weighted by Crippen LogP contribution is 2.14. The molecule has 6 heteroatoms. The Balaban J connectivity index is 2.15. The molecular formula is C12H17N3O2S. The van der Waals surface area contributed by atoms with Crippen LogP contribution in [0, 0.1) is 0 Å². The molecule has 0 aliphatic carbocycles. The number of rotatable bonds is 5. The monoisotopic (exact) mass is 267 g/mol. The summed E-state index contributed by atoms with van der Waals surface area (Å²) in [6.07, 6.45) is 0.651. The standard InChI is InChI=1S/C12H17N3O2S/c1-12(2,4-5-16)13-7-9-14-8-3-6-18-10(8)11(17)15-9/h3,6,13,16H,4-5,7H2,1-2H3,(H,14,15,17). The number of aromatic amines is 1. The van der Waals surface area contributed by atoms with Crippen LogP contribution in [0.1, 0.15) is 26.1 Å². The first kappa shape index (κ1) is 13.2. The maximum Gasteiger partial charge on any atom is 0.268 e. The summed E-state index contributed by atoms with van der Waals surface area (Å²) in [6.45, 7) is 4.62. The van der Waals surface area contributed by atoms with Crippen LogP contribution < -0.4 is 10.9 Å². The van der Waals surface area contributed by atoms with Crippen molar-refractivity contribution in [2.75, 3.05) is 6.61 Å². The van der Waals surface area contributed by atoms with Crippen molar-refractivity contribution in [3.05, 3.63) is 27.6 Å². The molecule has 0 fully saturated rings. The number of nitrogens with one attached hydrogen (secondary N) is 2. The molecule has 0 aliphatic rings. The van der Waals surface area contributed by atoms with E-state index in [1.807, 2.05) is 25.3 Å². The van der Waals surface area contributed by atoms with Gasteiger partial charge in [0.1, 0.15) is 10.5 Å². The van der Waals surface area contributed by atoms with E-state index in [0.29, 0.717) is 23.5 Å². The van der Waals surface area contributed by atoms with Crippen molar-refractivity contribution in [2.45, 2.75) is 32.4 Å². The van der Waals surface area contributed by atoms with E-state index in [4.69, 9.17) is 5.11 Å². The van der Waals surface area contributed by atoms with Gasteiger partial charge in [-0.1, -0.05) is 0 Å². The van der Waals surface area contributed by atoms with E-state index in [9.17, 15) is 4.79 Å². The number of thiophene rings is 1. The summed E-state index contributed by atoms with van der Waals surface area (Å²) in [5, 5.41) is 14.1. The Morgan fingerprint density at radius 3 is 3.06 bits per heavy atom. The summed E-state index contributed by atoms with van der Waals surface area (Å²) in [4.78, 5) is 18.9. The van der Waals surface area contributed by atoms with E-state index in [0.717, 1.165) is 5.52 Å². The van der Waals surface area contributed by atoms with E-state index >= 15 is 0 Å². The second-order valence-corrected chi connectivity index (χ2v) is 5.77. The number of hydrogen-bond donors (Lipinski definition) is 3. The van der Waals surface area contributed by atoms with Crippen LogP contribution in [0.25, 0.3) is 10.2 Å². The molecule has 0 saturated carbocycles. The van der Waals surface area contributed by atoms with Crippen LogP contribution in [0.5, 0.6) is 0 Å². The van der Waals surface area contributed by atoms with E-state index in [1.165, 1.54) is 11.3 Å². The lowest BCUT2D eigenvalue weighted by molar-refractivity contribution is 0.229. The van der Waals surface area contributed by atoms with Crippen LogP contribution in [0.4, 0.5) is 0 Å². The van der Waals surface area contributed by atoms with Crippen molar-refractivity contribution in [2.24, 2.45) is 0 Å². The molecule has 2 aromatic rings. The zero-order valence-electron chi connectivity index (χ0n) is 10.5. The van der Waals surface area contributed by atoms with Gasteiger partial charge in [-0.15, -0.1) is 11.3 Å². The predicted molar refractivity (Wildman–Crippen MR) is 72.9 cm³/mol. The van der Waals surface area contributed by atoms with Gasteiger partial charge in [0.2, 0.25) is 0 Å². The van der Waals surface area contributed by atoms with Gasteiger partial charge in [0.25, 0.3) is 5.56 Å². The molecule has 5 nitrogen and oxygen atoms in total. The van der Waals surface area contributed by atoms with Crippen molar-refractivity contribution in [3.63, 3.8) is 0 Å². The molecule has 98 valence electrons. The highest BCUT2D eigenvalue weighted by atomic mass is 32.1. The van der Waals surface area contributed by atoms with E-state index < -0.39 is 0 Å². The number of hydrogen-bond acceptors (Lipinski definition) is 5. The van der Waals surface area contributed by atoms with Crippen LogP contribution in [-0.2, 0) is 6.54 Å². The zero-order valence-corrected chi connectivity index (χ0v) is 11.3. The first-order chi connectivity index (χ1) is 8.52. The van der Waals surface area contributed by atoms with Gasteiger partial charge in [0.15, 0.2) is 0 Å². The lowest BCUT2D eigenvalue weighted by Gasteiger charge is -2.25. The fourth-order valence-corrected chi connectivity index (χ4v) is 2.42. The van der Waals surface area contributed by atoms with E-state index in [-0.39, 0.29) is 17.7 Å². The molecule has 0 amide bonds. The van der Waals surface area contributed by atoms with Gasteiger partial charge in [-0.2, -0.15) is 0 Å². The average Bonchev–Trinajstić information content (AvgIpc) is 2.75. The van der Waals surface area contributed by atoms with Crippen LogP contribution in [0.3, 0.4) is 0 Å². The third-order valence-corrected chi connectivity index (χ3v) is 3.74. The van der Waals surface area contributed by atoms with Gasteiger partial charge in [-0.05, 0) is 31.7 Å². The molecular weight excluding hydrogens is 250 g/mol. The number of nitrogens with zero attached hydrogens (tertiary/aromatic N) is 1. The molecule has 0 spiro atoms. The van der Waals surface area contributed by atoms with Crippen molar-refractivity contribution in [1.29, 1.82) is 0 Å². The quantitative estimate of drug-likeness (QED) is 0.761. The zero-order chi connectivity index (χ0) is 13.2. The molecule has 0 unspecified atom stereocenters.